The highest BCUT2D eigenvalue weighted by Crippen LogP contribution is 2.28. The van der Waals surface area contributed by atoms with Gasteiger partial charge in [-0.2, -0.15) is 0 Å². The van der Waals surface area contributed by atoms with Gasteiger partial charge in [0.15, 0.2) is 0 Å². The van der Waals surface area contributed by atoms with Crippen LogP contribution in [0.5, 0.6) is 0 Å². The minimum atomic E-state index is 0.820. The van der Waals surface area contributed by atoms with E-state index in [2.05, 4.69) is 13.0 Å². The second-order valence-corrected chi connectivity index (χ2v) is 3.35. The van der Waals surface area contributed by atoms with Crippen LogP contribution in [-0.2, 0) is 0 Å². The molecule has 0 bridgehead atoms. The summed E-state index contributed by atoms with van der Waals surface area (Å²) in [5.41, 5.74) is 0. The summed E-state index contributed by atoms with van der Waals surface area (Å²) in [4.78, 5) is 1.15. The van der Waals surface area contributed by atoms with Gasteiger partial charge in [-0.25, -0.2) is 0 Å². The third-order valence-corrected chi connectivity index (χ3v) is 2.35. The first-order valence-electron chi connectivity index (χ1n) is 3.33. The predicted octanol–water partition coefficient (Wildman–Crippen LogP) is 2.90. The fourth-order valence-corrected chi connectivity index (χ4v) is 1.40. The molecule has 52 valence electrons. The van der Waals surface area contributed by atoms with Crippen molar-refractivity contribution in [1.82, 2.24) is 0 Å². The van der Waals surface area contributed by atoms with Crippen LogP contribution in [0.2, 0.25) is 0 Å². The highest BCUT2D eigenvalue weighted by atomic mass is 32.2. The summed E-state index contributed by atoms with van der Waals surface area (Å²) in [5.74, 6) is 0.820. The average molecular weight is 144 g/mol. The number of hydrogen-bond donors (Lipinski definition) is 1. The van der Waals surface area contributed by atoms with E-state index in [0.717, 1.165) is 35.7 Å². The van der Waals surface area contributed by atoms with Crippen molar-refractivity contribution in [3.8, 4) is 0 Å². The Bertz CT molecular complexity index is 120. The molecule has 0 fully saturated rings. The van der Waals surface area contributed by atoms with Gasteiger partial charge in [0.2, 0.25) is 0 Å². The predicted molar refractivity (Wildman–Crippen MR) is 41.3 cm³/mol. The Morgan fingerprint density at radius 3 is 3.00 bits per heavy atom. The van der Waals surface area contributed by atoms with Crippen LogP contribution >= 0.6 is 12.0 Å². The van der Waals surface area contributed by atoms with Crippen molar-refractivity contribution in [3.63, 3.8) is 0 Å². The smallest absolute Gasteiger partial charge is 0.0196 e. The van der Waals surface area contributed by atoms with Gasteiger partial charge in [-0.3, -0.25) is 0 Å². The Balaban J connectivity index is 2.40. The highest BCUT2D eigenvalue weighted by Gasteiger charge is 2.08. The van der Waals surface area contributed by atoms with E-state index in [0.29, 0.717) is 0 Å². The molecule has 1 aliphatic rings. The first kappa shape index (κ1) is 7.16. The van der Waals surface area contributed by atoms with E-state index in [1.165, 1.54) is 6.42 Å². The molecule has 0 saturated heterocycles. The van der Waals surface area contributed by atoms with E-state index in [1.807, 2.05) is 0 Å². The van der Waals surface area contributed by atoms with Crippen LogP contribution in [0.4, 0.5) is 0 Å². The van der Waals surface area contributed by atoms with Gasteiger partial charge in [0.25, 0.3) is 0 Å². The lowest BCUT2D eigenvalue weighted by molar-refractivity contribution is 0.521. The maximum absolute atomic E-state index is 8.63. The molecule has 1 unspecified atom stereocenters. The quantitative estimate of drug-likeness (QED) is 0.571. The summed E-state index contributed by atoms with van der Waals surface area (Å²) < 4.78 is 8.63. The van der Waals surface area contributed by atoms with Crippen LogP contribution in [0.1, 0.15) is 26.2 Å². The molecule has 0 radical (unpaired) electrons. The molecule has 1 N–H and O–H groups in total. The molecule has 0 aromatic carbocycles. The van der Waals surface area contributed by atoms with E-state index in [1.54, 1.807) is 0 Å². The molecule has 0 spiro atoms. The Morgan fingerprint density at radius 2 is 2.56 bits per heavy atom. The van der Waals surface area contributed by atoms with Crippen LogP contribution in [0.15, 0.2) is 11.0 Å². The van der Waals surface area contributed by atoms with Crippen molar-refractivity contribution < 1.29 is 4.55 Å². The summed E-state index contributed by atoms with van der Waals surface area (Å²) in [6.07, 6.45) is 5.59. The molecule has 0 aromatic rings. The second kappa shape index (κ2) is 3.28. The van der Waals surface area contributed by atoms with Gasteiger partial charge in [0.1, 0.15) is 0 Å². The molecule has 0 amide bonds. The molecule has 0 aromatic heterocycles. The van der Waals surface area contributed by atoms with Gasteiger partial charge in [0.05, 0.1) is 0 Å². The van der Waals surface area contributed by atoms with Crippen molar-refractivity contribution in [2.24, 2.45) is 5.92 Å². The van der Waals surface area contributed by atoms with E-state index in [-0.39, 0.29) is 0 Å². The van der Waals surface area contributed by atoms with Gasteiger partial charge >= 0.3 is 0 Å². The molecule has 0 saturated carbocycles. The Hall–Kier alpha value is 0.0500. The molecule has 0 heterocycles. The van der Waals surface area contributed by atoms with E-state index >= 15 is 0 Å². The van der Waals surface area contributed by atoms with Crippen molar-refractivity contribution in [1.29, 1.82) is 0 Å². The molecule has 1 rings (SSSR count). The summed E-state index contributed by atoms with van der Waals surface area (Å²) >= 11 is 0.909. The van der Waals surface area contributed by atoms with Crippen molar-refractivity contribution in [3.05, 3.63) is 11.0 Å². The minimum absolute atomic E-state index is 0.820. The Labute approximate surface area is 60.4 Å². The van der Waals surface area contributed by atoms with E-state index in [9.17, 15) is 0 Å². The van der Waals surface area contributed by atoms with E-state index < -0.39 is 0 Å². The zero-order chi connectivity index (χ0) is 6.69. The molecular formula is C7H12OS. The lowest BCUT2D eigenvalue weighted by Crippen LogP contribution is -1.98. The Kier molecular flexibility index (Phi) is 2.61. The van der Waals surface area contributed by atoms with Gasteiger partial charge in [-0.05, 0) is 25.2 Å². The first-order valence-corrected chi connectivity index (χ1v) is 4.10. The zero-order valence-electron chi connectivity index (χ0n) is 5.63. The summed E-state index contributed by atoms with van der Waals surface area (Å²) in [6, 6.07) is 0. The maximum atomic E-state index is 8.63. The monoisotopic (exact) mass is 144 g/mol. The second-order valence-electron chi connectivity index (χ2n) is 2.64. The van der Waals surface area contributed by atoms with Crippen LogP contribution < -0.4 is 0 Å². The summed E-state index contributed by atoms with van der Waals surface area (Å²) in [6.45, 7) is 2.25. The third-order valence-electron chi connectivity index (χ3n) is 1.75. The first-order chi connectivity index (χ1) is 4.33. The molecule has 1 nitrogen and oxygen atoms in total. The number of allylic oxidation sites excluding steroid dienone is 2. The number of hydrogen-bond acceptors (Lipinski definition) is 2. The summed E-state index contributed by atoms with van der Waals surface area (Å²) in [7, 11) is 0. The minimum Gasteiger partial charge on any atom is -0.326 e. The van der Waals surface area contributed by atoms with Gasteiger partial charge < -0.3 is 4.55 Å². The highest BCUT2D eigenvalue weighted by molar-refractivity contribution is 7.97. The zero-order valence-corrected chi connectivity index (χ0v) is 6.45. The fraction of sp³-hybridized carbons (Fsp3) is 0.714. The van der Waals surface area contributed by atoms with Gasteiger partial charge in [-0.15, -0.1) is 0 Å². The lowest BCUT2D eigenvalue weighted by Gasteiger charge is -2.15. The Morgan fingerprint density at radius 1 is 1.78 bits per heavy atom. The van der Waals surface area contributed by atoms with Crippen LogP contribution in [0.25, 0.3) is 0 Å². The summed E-state index contributed by atoms with van der Waals surface area (Å²) in [5, 5.41) is 0. The largest absolute Gasteiger partial charge is 0.326 e. The lowest BCUT2D eigenvalue weighted by atomic mass is 9.97. The van der Waals surface area contributed by atoms with Crippen LogP contribution in [0, 0.1) is 5.92 Å². The van der Waals surface area contributed by atoms with Crippen LogP contribution in [0.3, 0.4) is 0 Å². The van der Waals surface area contributed by atoms with Crippen molar-refractivity contribution in [2.45, 2.75) is 26.2 Å². The van der Waals surface area contributed by atoms with Crippen molar-refractivity contribution >= 4 is 12.0 Å². The molecular weight excluding hydrogens is 132 g/mol. The molecule has 1 atom stereocenters. The van der Waals surface area contributed by atoms with Gasteiger partial charge in [0, 0.05) is 16.9 Å². The molecule has 2 heteroatoms. The topological polar surface area (TPSA) is 20.2 Å². The standard InChI is InChI=1S/C7H12OS/c1-6-2-4-7(9-8)5-3-6/h4,6,8H,2-3,5H2,1H3. The average Bonchev–Trinajstić information content (AvgIpc) is 1.90. The normalized spacial score (nSPS) is 27.8. The van der Waals surface area contributed by atoms with E-state index in [4.69, 9.17) is 4.55 Å². The third kappa shape index (κ3) is 2.03. The molecule has 1 aliphatic carbocycles. The van der Waals surface area contributed by atoms with Crippen molar-refractivity contribution in [2.75, 3.05) is 0 Å². The SMILES string of the molecule is CC1CC=C(SO)CC1. The molecule has 0 aliphatic heterocycles. The van der Waals surface area contributed by atoms with Gasteiger partial charge in [-0.1, -0.05) is 13.0 Å². The van der Waals surface area contributed by atoms with Crippen LogP contribution in [-0.4, -0.2) is 4.55 Å². The fourth-order valence-electron chi connectivity index (χ4n) is 1.02. The number of rotatable bonds is 1. The maximum Gasteiger partial charge on any atom is 0.0196 e. The molecule has 9 heavy (non-hydrogen) atoms.